The number of benzene rings is 2. The molecule has 0 unspecified atom stereocenters. The summed E-state index contributed by atoms with van der Waals surface area (Å²) in [5.41, 5.74) is 7.30. The first-order valence-electron chi connectivity index (χ1n) is 7.27. The molecule has 0 spiro atoms. The summed E-state index contributed by atoms with van der Waals surface area (Å²) in [7, 11) is 1.43. The number of anilines is 2. The topological polar surface area (TPSA) is 101 Å². The maximum atomic E-state index is 12.1. The zero-order chi connectivity index (χ0) is 17.4. The van der Waals surface area contributed by atoms with Crippen molar-refractivity contribution in [3.8, 4) is 0 Å². The Bertz CT molecular complexity index is 670. The number of nitrogens with two attached hydrogens (primary N) is 2. The molecule has 0 saturated heterocycles. The smallest absolute Gasteiger partial charge is 0.269 e. The Hall–Kier alpha value is -2.86. The fraction of sp³-hybridized carbons (Fsp3) is 0.176. The van der Waals surface area contributed by atoms with Crippen LogP contribution in [0.2, 0.25) is 0 Å². The molecular weight excluding hydrogens is 292 g/mol. The average molecular weight is 314 g/mol. The third-order valence-corrected chi connectivity index (χ3v) is 2.90. The van der Waals surface area contributed by atoms with Gasteiger partial charge < -0.3 is 11.1 Å². The maximum absolute atomic E-state index is 12.1. The van der Waals surface area contributed by atoms with Gasteiger partial charge in [0.1, 0.15) is 0 Å². The van der Waals surface area contributed by atoms with Crippen LogP contribution in [0.25, 0.3) is 0 Å². The molecule has 0 aliphatic heterocycles. The van der Waals surface area contributed by atoms with E-state index in [1.807, 2.05) is 19.9 Å². The van der Waals surface area contributed by atoms with Gasteiger partial charge in [-0.1, -0.05) is 32.0 Å². The van der Waals surface area contributed by atoms with Crippen molar-refractivity contribution in [3.05, 3.63) is 59.7 Å². The van der Waals surface area contributed by atoms with Crippen LogP contribution < -0.4 is 16.9 Å². The molecule has 2 rings (SSSR count). The lowest BCUT2D eigenvalue weighted by Gasteiger charge is -2.13. The lowest BCUT2D eigenvalue weighted by atomic mass is 10.1. The second-order valence-electron chi connectivity index (χ2n) is 4.54. The molecule has 6 heteroatoms. The van der Waals surface area contributed by atoms with Crippen molar-refractivity contribution in [1.29, 1.82) is 0 Å². The van der Waals surface area contributed by atoms with Crippen LogP contribution in [0.15, 0.2) is 48.5 Å². The van der Waals surface area contributed by atoms with Crippen molar-refractivity contribution < 1.29 is 9.59 Å². The highest BCUT2D eigenvalue weighted by atomic mass is 16.2. The van der Waals surface area contributed by atoms with E-state index in [0.29, 0.717) is 16.9 Å². The molecule has 122 valence electrons. The van der Waals surface area contributed by atoms with Gasteiger partial charge in [0.05, 0.1) is 5.56 Å². The third kappa shape index (κ3) is 4.82. The fourth-order valence-electron chi connectivity index (χ4n) is 1.80. The number of amides is 2. The number of nitrogens with zero attached hydrogens (tertiary/aromatic N) is 1. The Morgan fingerprint density at radius 3 is 2.22 bits per heavy atom. The molecule has 2 aromatic rings. The zero-order valence-electron chi connectivity index (χ0n) is 13.5. The predicted octanol–water partition coefficient (Wildman–Crippen LogP) is 2.49. The Kier molecular flexibility index (Phi) is 6.76. The molecule has 2 amide bonds. The van der Waals surface area contributed by atoms with E-state index < -0.39 is 5.91 Å². The van der Waals surface area contributed by atoms with E-state index in [4.69, 9.17) is 11.6 Å². The highest BCUT2D eigenvalue weighted by Crippen LogP contribution is 2.19. The molecule has 0 heterocycles. The lowest BCUT2D eigenvalue weighted by Crippen LogP contribution is -2.33. The number of carbonyl (C=O) groups excluding carboxylic acids is 2. The second-order valence-corrected chi connectivity index (χ2v) is 4.54. The molecule has 23 heavy (non-hydrogen) atoms. The summed E-state index contributed by atoms with van der Waals surface area (Å²) in [4.78, 5) is 23.9. The van der Waals surface area contributed by atoms with Gasteiger partial charge >= 0.3 is 0 Å². The van der Waals surface area contributed by atoms with Gasteiger partial charge in [-0.05, 0) is 30.3 Å². The van der Waals surface area contributed by atoms with Crippen LogP contribution in [0.4, 0.5) is 11.4 Å². The Labute approximate surface area is 136 Å². The van der Waals surface area contributed by atoms with Crippen LogP contribution in [0.1, 0.15) is 34.6 Å². The van der Waals surface area contributed by atoms with Crippen LogP contribution in [0.5, 0.6) is 0 Å². The summed E-state index contributed by atoms with van der Waals surface area (Å²) in [5.74, 6) is 4.73. The van der Waals surface area contributed by atoms with Crippen molar-refractivity contribution in [1.82, 2.24) is 5.01 Å². The normalized spacial score (nSPS) is 9.39. The minimum absolute atomic E-state index is 0.242. The number of nitrogens with one attached hydrogen (secondary N) is 1. The largest absolute Gasteiger partial charge is 0.398 e. The van der Waals surface area contributed by atoms with Crippen molar-refractivity contribution in [2.75, 3.05) is 18.1 Å². The van der Waals surface area contributed by atoms with E-state index in [-0.39, 0.29) is 11.5 Å². The standard InChI is InChI=1S/C15H16N4O2.C2H6/c1-19(17)15(21)12-9-11(7-8-13(12)16)18-14(20)10-5-3-2-4-6-10;1-2/h2-9H,16-17H2,1H3,(H,18,20);1-2H3. The Balaban J connectivity index is 0.00000127. The molecule has 0 bridgehead atoms. The first-order chi connectivity index (χ1) is 11.0. The zero-order valence-corrected chi connectivity index (χ0v) is 13.5. The molecule has 0 radical (unpaired) electrons. The van der Waals surface area contributed by atoms with Gasteiger partial charge in [-0.3, -0.25) is 14.6 Å². The van der Waals surface area contributed by atoms with Crippen LogP contribution in [0.3, 0.4) is 0 Å². The predicted molar refractivity (Wildman–Crippen MR) is 92.9 cm³/mol. The molecule has 0 aliphatic rings. The molecule has 0 fully saturated rings. The van der Waals surface area contributed by atoms with Gasteiger partial charge in [-0.2, -0.15) is 0 Å². The summed E-state index contributed by atoms with van der Waals surface area (Å²) in [6.07, 6.45) is 0. The van der Waals surface area contributed by atoms with Gasteiger partial charge in [-0.25, -0.2) is 5.84 Å². The quantitative estimate of drug-likeness (QED) is 0.350. The number of nitrogen functional groups attached to an aromatic ring is 1. The molecule has 5 N–H and O–H groups in total. The van der Waals surface area contributed by atoms with E-state index in [0.717, 1.165) is 5.01 Å². The SMILES string of the molecule is CC.CN(N)C(=O)c1cc(NC(=O)c2ccccc2)ccc1N. The van der Waals surface area contributed by atoms with E-state index in [1.165, 1.54) is 13.1 Å². The summed E-state index contributed by atoms with van der Waals surface area (Å²) < 4.78 is 0. The summed E-state index contributed by atoms with van der Waals surface area (Å²) in [6.45, 7) is 4.00. The molecule has 0 atom stereocenters. The number of rotatable bonds is 3. The monoisotopic (exact) mass is 314 g/mol. The highest BCUT2D eigenvalue weighted by Gasteiger charge is 2.14. The average Bonchev–Trinajstić information content (AvgIpc) is 2.58. The van der Waals surface area contributed by atoms with Crippen molar-refractivity contribution in [2.45, 2.75) is 13.8 Å². The third-order valence-electron chi connectivity index (χ3n) is 2.90. The van der Waals surface area contributed by atoms with Crippen LogP contribution >= 0.6 is 0 Å². The van der Waals surface area contributed by atoms with Crippen LogP contribution in [-0.2, 0) is 0 Å². The van der Waals surface area contributed by atoms with Gasteiger partial charge in [0, 0.05) is 24.0 Å². The van der Waals surface area contributed by atoms with Gasteiger partial charge in [0.15, 0.2) is 0 Å². The minimum Gasteiger partial charge on any atom is -0.398 e. The number of hydrogen-bond acceptors (Lipinski definition) is 4. The summed E-state index contributed by atoms with van der Waals surface area (Å²) in [6, 6.07) is 13.5. The second kappa shape index (κ2) is 8.55. The van der Waals surface area contributed by atoms with Gasteiger partial charge in [-0.15, -0.1) is 0 Å². The van der Waals surface area contributed by atoms with E-state index >= 15 is 0 Å². The van der Waals surface area contributed by atoms with E-state index in [2.05, 4.69) is 5.32 Å². The fourth-order valence-corrected chi connectivity index (χ4v) is 1.80. The van der Waals surface area contributed by atoms with E-state index in [9.17, 15) is 9.59 Å². The minimum atomic E-state index is -0.427. The maximum Gasteiger partial charge on any atom is 0.269 e. The summed E-state index contributed by atoms with van der Waals surface area (Å²) in [5, 5.41) is 3.65. The first kappa shape index (κ1) is 18.2. The van der Waals surface area contributed by atoms with Gasteiger partial charge in [0.2, 0.25) is 0 Å². The van der Waals surface area contributed by atoms with Crippen molar-refractivity contribution in [2.24, 2.45) is 5.84 Å². The van der Waals surface area contributed by atoms with Crippen molar-refractivity contribution >= 4 is 23.2 Å². The number of hydrogen-bond donors (Lipinski definition) is 3. The van der Waals surface area contributed by atoms with Crippen LogP contribution in [-0.4, -0.2) is 23.9 Å². The van der Waals surface area contributed by atoms with E-state index in [1.54, 1.807) is 36.4 Å². The molecule has 0 aliphatic carbocycles. The lowest BCUT2D eigenvalue weighted by molar-refractivity contribution is 0.0796. The number of carbonyl (C=O) groups is 2. The molecule has 6 nitrogen and oxygen atoms in total. The number of hydrazine groups is 1. The molecular formula is C17H22N4O2. The highest BCUT2D eigenvalue weighted by molar-refractivity contribution is 6.06. The molecule has 2 aromatic carbocycles. The Morgan fingerprint density at radius 1 is 1.04 bits per heavy atom. The first-order valence-corrected chi connectivity index (χ1v) is 7.27. The molecule has 0 aromatic heterocycles. The Morgan fingerprint density at radius 2 is 1.65 bits per heavy atom. The summed E-state index contributed by atoms with van der Waals surface area (Å²) >= 11 is 0. The van der Waals surface area contributed by atoms with Gasteiger partial charge in [0.25, 0.3) is 11.8 Å². The molecule has 0 saturated carbocycles. The van der Waals surface area contributed by atoms with Crippen LogP contribution in [0, 0.1) is 0 Å². The van der Waals surface area contributed by atoms with Crippen molar-refractivity contribution in [3.63, 3.8) is 0 Å².